The molecule has 0 saturated heterocycles. The van der Waals surface area contributed by atoms with Crippen molar-refractivity contribution in [1.82, 2.24) is 5.32 Å². The molecule has 22 heavy (non-hydrogen) atoms. The lowest BCUT2D eigenvalue weighted by atomic mass is 10.0. The quantitative estimate of drug-likeness (QED) is 0.701. The van der Waals surface area contributed by atoms with Crippen molar-refractivity contribution in [2.75, 3.05) is 6.54 Å². The molecule has 0 spiro atoms. The first-order valence-electron chi connectivity index (χ1n) is 6.26. The molecule has 0 saturated carbocycles. The van der Waals surface area contributed by atoms with Gasteiger partial charge >= 0.3 is 6.36 Å². The van der Waals surface area contributed by atoms with Crippen molar-refractivity contribution in [3.05, 3.63) is 28.2 Å². The number of alkyl halides is 3. The highest BCUT2D eigenvalue weighted by Crippen LogP contribution is 2.32. The number of amides is 1. The monoisotopic (exact) mass is 385 g/mol. The molecule has 0 radical (unpaired) electrons. The van der Waals surface area contributed by atoms with Gasteiger partial charge in [-0.15, -0.1) is 13.2 Å². The van der Waals surface area contributed by atoms with Gasteiger partial charge in [0.15, 0.2) is 0 Å². The predicted octanol–water partition coefficient (Wildman–Crippen LogP) is 2.27. The number of carbonyl (C=O) groups excluding carboxylic acids is 1. The summed E-state index contributed by atoms with van der Waals surface area (Å²) in [5.74, 6) is -0.709. The zero-order chi connectivity index (χ0) is 16.9. The Morgan fingerprint density at radius 3 is 2.55 bits per heavy atom. The summed E-state index contributed by atoms with van der Waals surface area (Å²) in [4.78, 5) is 10.7. The SMILES string of the molecule is CC(=O)NCCC(O)C(O)c1ccc(OC(F)(F)F)cc1Br. The highest BCUT2D eigenvalue weighted by atomic mass is 79.9. The average molecular weight is 386 g/mol. The molecule has 0 fully saturated rings. The second-order valence-electron chi connectivity index (χ2n) is 4.51. The summed E-state index contributed by atoms with van der Waals surface area (Å²) in [7, 11) is 0. The largest absolute Gasteiger partial charge is 0.573 e. The summed E-state index contributed by atoms with van der Waals surface area (Å²) in [6.45, 7) is 1.49. The molecular formula is C13H15BrF3NO4. The lowest BCUT2D eigenvalue weighted by molar-refractivity contribution is -0.274. The van der Waals surface area contributed by atoms with Crippen molar-refractivity contribution in [3.63, 3.8) is 0 Å². The van der Waals surface area contributed by atoms with Crippen LogP contribution in [0.3, 0.4) is 0 Å². The van der Waals surface area contributed by atoms with E-state index in [1.165, 1.54) is 13.0 Å². The third-order valence-electron chi connectivity index (χ3n) is 2.70. The van der Waals surface area contributed by atoms with Gasteiger partial charge in [0.1, 0.15) is 11.9 Å². The van der Waals surface area contributed by atoms with Crippen LogP contribution in [-0.4, -0.2) is 35.1 Å². The van der Waals surface area contributed by atoms with Crippen LogP contribution >= 0.6 is 15.9 Å². The topological polar surface area (TPSA) is 78.8 Å². The van der Waals surface area contributed by atoms with Crippen molar-refractivity contribution < 1.29 is 32.9 Å². The number of carbonyl (C=O) groups is 1. The lowest BCUT2D eigenvalue weighted by Crippen LogP contribution is -2.27. The van der Waals surface area contributed by atoms with Crippen molar-refractivity contribution in [1.29, 1.82) is 0 Å². The van der Waals surface area contributed by atoms with E-state index >= 15 is 0 Å². The van der Waals surface area contributed by atoms with Crippen LogP contribution in [0.15, 0.2) is 22.7 Å². The van der Waals surface area contributed by atoms with Crippen molar-refractivity contribution in [3.8, 4) is 5.75 Å². The van der Waals surface area contributed by atoms with Gasteiger partial charge in [0.2, 0.25) is 5.91 Å². The first-order valence-corrected chi connectivity index (χ1v) is 7.05. The smallest absolute Gasteiger partial charge is 0.406 e. The minimum absolute atomic E-state index is 0.0913. The van der Waals surface area contributed by atoms with E-state index < -0.39 is 24.3 Å². The van der Waals surface area contributed by atoms with Gasteiger partial charge in [-0.2, -0.15) is 0 Å². The Morgan fingerprint density at radius 2 is 2.05 bits per heavy atom. The number of ether oxygens (including phenoxy) is 1. The number of hydrogen-bond donors (Lipinski definition) is 3. The Labute approximate surface area is 133 Å². The van der Waals surface area contributed by atoms with Crippen LogP contribution in [0.2, 0.25) is 0 Å². The molecule has 2 unspecified atom stereocenters. The normalized spacial score (nSPS) is 14.3. The number of rotatable bonds is 6. The Kier molecular flexibility index (Phi) is 6.64. The first kappa shape index (κ1) is 18.7. The molecule has 0 heterocycles. The molecule has 1 aromatic rings. The number of hydrogen-bond acceptors (Lipinski definition) is 4. The average Bonchev–Trinajstić information content (AvgIpc) is 2.35. The van der Waals surface area contributed by atoms with Gasteiger partial charge in [0.25, 0.3) is 0 Å². The molecule has 3 N–H and O–H groups in total. The van der Waals surface area contributed by atoms with Gasteiger partial charge < -0.3 is 20.3 Å². The summed E-state index contributed by atoms with van der Waals surface area (Å²) >= 11 is 3.03. The van der Waals surface area contributed by atoms with Crippen LogP contribution < -0.4 is 10.1 Å². The fraction of sp³-hybridized carbons (Fsp3) is 0.462. The van der Waals surface area contributed by atoms with E-state index in [9.17, 15) is 28.2 Å². The maximum absolute atomic E-state index is 12.1. The summed E-state index contributed by atoms with van der Waals surface area (Å²) in [5, 5.41) is 22.3. The Hall–Kier alpha value is -1.32. The number of halogens is 4. The molecule has 2 atom stereocenters. The van der Waals surface area contributed by atoms with Crippen LogP contribution in [-0.2, 0) is 4.79 Å². The highest BCUT2D eigenvalue weighted by molar-refractivity contribution is 9.10. The number of benzene rings is 1. The minimum atomic E-state index is -4.81. The molecule has 1 rings (SSSR count). The van der Waals surface area contributed by atoms with E-state index in [1.54, 1.807) is 0 Å². The van der Waals surface area contributed by atoms with Gasteiger partial charge in [0, 0.05) is 17.9 Å². The molecule has 1 amide bonds. The van der Waals surface area contributed by atoms with Gasteiger partial charge in [0.05, 0.1) is 6.10 Å². The zero-order valence-electron chi connectivity index (χ0n) is 11.5. The minimum Gasteiger partial charge on any atom is -0.406 e. The van der Waals surface area contributed by atoms with E-state index in [2.05, 4.69) is 26.0 Å². The second kappa shape index (κ2) is 7.80. The third-order valence-corrected chi connectivity index (χ3v) is 3.39. The van der Waals surface area contributed by atoms with Gasteiger partial charge in [-0.1, -0.05) is 22.0 Å². The molecule has 5 nitrogen and oxygen atoms in total. The second-order valence-corrected chi connectivity index (χ2v) is 5.37. The Bertz CT molecular complexity index is 524. The van der Waals surface area contributed by atoms with Crippen molar-refractivity contribution in [2.24, 2.45) is 0 Å². The van der Waals surface area contributed by atoms with Crippen molar-refractivity contribution in [2.45, 2.75) is 31.9 Å². The molecule has 124 valence electrons. The summed E-state index contributed by atoms with van der Waals surface area (Å²) in [5.41, 5.74) is 0.213. The van der Waals surface area contributed by atoms with Crippen LogP contribution in [0.4, 0.5) is 13.2 Å². The molecule has 0 bridgehead atoms. The molecule has 1 aromatic carbocycles. The number of aliphatic hydroxyl groups excluding tert-OH is 2. The number of nitrogens with one attached hydrogen (secondary N) is 1. The van der Waals surface area contributed by atoms with E-state index in [-0.39, 0.29) is 28.9 Å². The van der Waals surface area contributed by atoms with Crippen LogP contribution in [0.5, 0.6) is 5.75 Å². The van der Waals surface area contributed by atoms with E-state index in [0.29, 0.717) is 0 Å². The summed E-state index contributed by atoms with van der Waals surface area (Å²) in [6, 6.07) is 3.31. The zero-order valence-corrected chi connectivity index (χ0v) is 13.1. The highest BCUT2D eigenvalue weighted by Gasteiger charge is 2.31. The fourth-order valence-corrected chi connectivity index (χ4v) is 2.30. The summed E-state index contributed by atoms with van der Waals surface area (Å²) in [6.07, 6.45) is -7.22. The third kappa shape index (κ3) is 6.20. The van der Waals surface area contributed by atoms with E-state index in [1.807, 2.05) is 0 Å². The molecule has 9 heteroatoms. The van der Waals surface area contributed by atoms with Gasteiger partial charge in [-0.05, 0) is 24.1 Å². The number of aliphatic hydroxyl groups is 2. The maximum Gasteiger partial charge on any atom is 0.573 e. The van der Waals surface area contributed by atoms with Gasteiger partial charge in [-0.25, -0.2) is 0 Å². The van der Waals surface area contributed by atoms with E-state index in [4.69, 9.17) is 0 Å². The first-order chi connectivity index (χ1) is 10.1. The van der Waals surface area contributed by atoms with Crippen LogP contribution in [0.25, 0.3) is 0 Å². The Balaban J connectivity index is 2.73. The van der Waals surface area contributed by atoms with Crippen LogP contribution in [0, 0.1) is 0 Å². The maximum atomic E-state index is 12.1. The summed E-state index contributed by atoms with van der Waals surface area (Å²) < 4.78 is 40.2. The molecule has 0 aliphatic rings. The predicted molar refractivity (Wildman–Crippen MR) is 75.1 cm³/mol. The standard InChI is InChI=1S/C13H15BrF3NO4/c1-7(19)18-5-4-11(20)12(21)9-3-2-8(6-10(9)14)22-13(15,16)17/h2-3,6,11-12,20-21H,4-5H2,1H3,(H,18,19). The van der Waals surface area contributed by atoms with Gasteiger partial charge in [-0.3, -0.25) is 4.79 Å². The molecule has 0 aliphatic heterocycles. The molecular weight excluding hydrogens is 371 g/mol. The molecule has 0 aliphatic carbocycles. The fourth-order valence-electron chi connectivity index (χ4n) is 1.71. The van der Waals surface area contributed by atoms with Crippen molar-refractivity contribution >= 4 is 21.8 Å². The van der Waals surface area contributed by atoms with E-state index in [0.717, 1.165) is 12.1 Å². The van der Waals surface area contributed by atoms with Crippen LogP contribution in [0.1, 0.15) is 25.0 Å². The lowest BCUT2D eigenvalue weighted by Gasteiger charge is -2.20. The molecule has 0 aromatic heterocycles. The Morgan fingerprint density at radius 1 is 1.41 bits per heavy atom.